The van der Waals surface area contributed by atoms with Gasteiger partial charge in [0, 0.05) is 23.3 Å². The number of allylic oxidation sites excluding steroid dienone is 1. The average Bonchev–Trinajstić information content (AvgIpc) is 3.89. The average molecular weight is 673 g/mol. The second kappa shape index (κ2) is 12.7. The van der Waals surface area contributed by atoms with Crippen molar-refractivity contribution in [1.29, 1.82) is 0 Å². The Hall–Kier alpha value is -3.57. The molecule has 1 saturated heterocycles. The van der Waals surface area contributed by atoms with Crippen LogP contribution in [0.3, 0.4) is 0 Å². The molecule has 1 aromatic rings. The van der Waals surface area contributed by atoms with Crippen molar-refractivity contribution in [3.05, 3.63) is 35.5 Å². The number of nitrogens with zero attached hydrogens (tertiary/aromatic N) is 3. The molecule has 3 fully saturated rings. The number of aromatic nitrogens is 2. The molecule has 2 aliphatic carbocycles. The highest BCUT2D eigenvalue weighted by Gasteiger charge is 2.65. The van der Waals surface area contributed by atoms with E-state index in [4.69, 9.17) is 14.2 Å². The lowest BCUT2D eigenvalue weighted by Gasteiger charge is -2.35. The first kappa shape index (κ1) is 35.7. The smallest absolute Gasteiger partial charge is 0.408 e. The van der Waals surface area contributed by atoms with E-state index in [1.54, 1.807) is 13.0 Å². The zero-order chi connectivity index (χ0) is 35.4. The number of hydrogen-bond acceptors (Lipinski definition) is 8. The number of ether oxygens (including phenoxy) is 3. The lowest BCUT2D eigenvalue weighted by atomic mass is 9.85. The normalized spacial score (nSPS) is 31.7. The predicted octanol–water partition coefficient (Wildman–Crippen LogP) is 6.51. The van der Waals surface area contributed by atoms with Gasteiger partial charge in [-0.05, 0) is 70.8 Å². The maximum Gasteiger partial charge on any atom is 0.408 e. The number of fused-ring (bicyclic) bond motifs is 4. The van der Waals surface area contributed by atoms with Crippen molar-refractivity contribution in [2.24, 2.45) is 22.7 Å². The summed E-state index contributed by atoms with van der Waals surface area (Å²) in [7, 11) is 1.47. The molecular formula is C36H50F2N4O6. The van der Waals surface area contributed by atoms with Gasteiger partial charge in [-0.1, -0.05) is 40.7 Å². The Morgan fingerprint density at radius 3 is 2.46 bits per heavy atom. The van der Waals surface area contributed by atoms with Crippen LogP contribution in [-0.4, -0.2) is 70.1 Å². The first-order valence-corrected chi connectivity index (χ1v) is 17.0. The fraction of sp³-hybridized carbons (Fsp3) is 0.694. The number of rotatable bonds is 5. The summed E-state index contributed by atoms with van der Waals surface area (Å²) in [6.07, 6.45) is 4.57. The van der Waals surface area contributed by atoms with E-state index in [-0.39, 0.29) is 41.9 Å². The van der Waals surface area contributed by atoms with E-state index >= 15 is 8.78 Å². The van der Waals surface area contributed by atoms with E-state index in [9.17, 15) is 14.4 Å². The third-order valence-electron chi connectivity index (χ3n) is 10.9. The number of hydrogen-bond donors (Lipinski definition) is 1. The van der Waals surface area contributed by atoms with Gasteiger partial charge in [0.25, 0.3) is 0 Å². The van der Waals surface area contributed by atoms with E-state index in [0.29, 0.717) is 44.3 Å². The molecule has 1 aromatic heterocycles. The van der Waals surface area contributed by atoms with Crippen molar-refractivity contribution in [3.63, 3.8) is 0 Å². The van der Waals surface area contributed by atoms with Gasteiger partial charge in [0.2, 0.25) is 11.8 Å². The maximum atomic E-state index is 16.8. The predicted molar refractivity (Wildman–Crippen MR) is 175 cm³/mol. The van der Waals surface area contributed by atoms with Crippen molar-refractivity contribution in [2.75, 3.05) is 13.7 Å². The highest BCUT2D eigenvalue weighted by molar-refractivity contribution is 5.92. The molecule has 48 heavy (non-hydrogen) atoms. The first-order valence-electron chi connectivity index (χ1n) is 17.0. The number of aryl methyl sites for hydroxylation is 1. The van der Waals surface area contributed by atoms with Crippen molar-refractivity contribution >= 4 is 23.9 Å². The Kier molecular flexibility index (Phi) is 9.46. The molecule has 0 aromatic carbocycles. The number of nitrogens with one attached hydrogen (secondary N) is 1. The second-order valence-electron chi connectivity index (χ2n) is 15.4. The summed E-state index contributed by atoms with van der Waals surface area (Å²) in [6.45, 7) is 15.9. The van der Waals surface area contributed by atoms with Gasteiger partial charge >= 0.3 is 12.0 Å². The Morgan fingerprint density at radius 2 is 1.90 bits per heavy atom. The number of carbonyl (C=O) groups excluding carboxylic acids is 3. The quantitative estimate of drug-likeness (QED) is 0.278. The van der Waals surface area contributed by atoms with Gasteiger partial charge < -0.3 is 24.4 Å². The molecule has 5 rings (SSSR count). The van der Waals surface area contributed by atoms with Gasteiger partial charge in [-0.3, -0.25) is 9.59 Å². The van der Waals surface area contributed by atoms with Gasteiger partial charge in [0.15, 0.2) is 11.5 Å². The molecule has 2 saturated carbocycles. The minimum absolute atomic E-state index is 0.0222. The van der Waals surface area contributed by atoms with Gasteiger partial charge in [-0.2, -0.15) is 8.78 Å². The lowest BCUT2D eigenvalue weighted by Crippen LogP contribution is -2.57. The summed E-state index contributed by atoms with van der Waals surface area (Å²) >= 11 is 0. The molecule has 6 atom stereocenters. The largest absolute Gasteiger partial charge is 0.497 e. The number of halogens is 2. The van der Waals surface area contributed by atoms with Gasteiger partial charge in [-0.15, -0.1) is 0 Å². The number of Topliss-reactive ketones (excluding diaryl/α,β-unsaturated/α-hetero) is 1. The highest BCUT2D eigenvalue weighted by atomic mass is 19.3. The molecule has 2 aliphatic heterocycles. The number of carbonyl (C=O) groups is 3. The van der Waals surface area contributed by atoms with Crippen LogP contribution >= 0.6 is 0 Å². The zero-order valence-electron chi connectivity index (χ0n) is 29.5. The van der Waals surface area contributed by atoms with Crippen molar-refractivity contribution in [3.8, 4) is 5.88 Å². The molecule has 0 unspecified atom stereocenters. The van der Waals surface area contributed by atoms with E-state index in [0.717, 1.165) is 0 Å². The summed E-state index contributed by atoms with van der Waals surface area (Å²) in [4.78, 5) is 51.3. The molecule has 10 nitrogen and oxygen atoms in total. The van der Waals surface area contributed by atoms with E-state index in [2.05, 4.69) is 21.9 Å². The third kappa shape index (κ3) is 6.55. The maximum absolute atomic E-state index is 16.8. The number of alkyl halides is 2. The van der Waals surface area contributed by atoms with Crippen LogP contribution < -0.4 is 10.1 Å². The van der Waals surface area contributed by atoms with E-state index in [1.807, 2.05) is 34.6 Å². The topological polar surface area (TPSA) is 120 Å². The Balaban J connectivity index is 1.64. The van der Waals surface area contributed by atoms with E-state index in [1.165, 1.54) is 25.0 Å². The van der Waals surface area contributed by atoms with Gasteiger partial charge in [-0.25, -0.2) is 14.8 Å². The van der Waals surface area contributed by atoms with Crippen LogP contribution in [0.1, 0.15) is 104 Å². The first-order chi connectivity index (χ1) is 22.4. The molecule has 12 heteroatoms. The molecule has 2 amide bonds. The van der Waals surface area contributed by atoms with Crippen LogP contribution in [-0.2, 0) is 25.0 Å². The van der Waals surface area contributed by atoms with Crippen LogP contribution in [0, 0.1) is 29.6 Å². The molecule has 264 valence electrons. The number of amides is 2. The molecule has 1 N–H and O–H groups in total. The fourth-order valence-electron chi connectivity index (χ4n) is 7.60. The molecule has 2 bridgehead atoms. The number of alkyl carbamates (subject to hydrolysis) is 1. The SMILES string of the molecule is C=C/C(=C\c1nc2c(nc1C)C(F)(F)C1(CCC[C@@H]3C[C@@]3(C)OC(=O)N[C@@H](C(C)(C)C)C(=O)N3C[C@H](O2)[C@@H](CC)[C@H]3C(C)=O)CC1)OC. The fourth-order valence-corrected chi connectivity index (χ4v) is 7.60. The van der Waals surface area contributed by atoms with Gasteiger partial charge in [0.05, 0.1) is 31.1 Å². The Bertz CT molecular complexity index is 1500. The van der Waals surface area contributed by atoms with Crippen LogP contribution in [0.15, 0.2) is 18.4 Å². The summed E-state index contributed by atoms with van der Waals surface area (Å²) in [5, 5.41) is 2.81. The zero-order valence-corrected chi connectivity index (χ0v) is 29.5. The van der Waals surface area contributed by atoms with Crippen LogP contribution in [0.4, 0.5) is 13.6 Å². The standard InChI is InChI=1S/C36H50F2N4O6/c1-10-23(46-9)17-25-20(3)39-28-30(40-25)47-26-19-42(27(21(4)43)24(26)11-2)31(44)29(33(5,6)7)41-32(45)48-34(8)18-22(34)13-12-14-35(15-16-35)36(28,37)38/h10,17,22,24,26-27,29H,1,11-16,18-19H2,2-9H3,(H,41,45)/b23-17+/t22-,24-,26+,27-,29-,34-/m1/s1. The summed E-state index contributed by atoms with van der Waals surface area (Å²) < 4.78 is 51.3. The van der Waals surface area contributed by atoms with Crippen molar-refractivity contribution < 1.29 is 37.4 Å². The molecular weight excluding hydrogens is 622 g/mol. The number of methoxy groups -OCH3 is 1. The van der Waals surface area contributed by atoms with E-state index < -0.39 is 64.2 Å². The minimum Gasteiger partial charge on any atom is -0.497 e. The summed E-state index contributed by atoms with van der Waals surface area (Å²) in [5.74, 6) is -4.58. The van der Waals surface area contributed by atoms with Crippen molar-refractivity contribution in [1.82, 2.24) is 20.2 Å². The van der Waals surface area contributed by atoms with Crippen LogP contribution in [0.5, 0.6) is 5.88 Å². The second-order valence-corrected chi connectivity index (χ2v) is 15.4. The summed E-state index contributed by atoms with van der Waals surface area (Å²) in [5.41, 5.74) is -2.78. The Labute approximate surface area is 282 Å². The van der Waals surface area contributed by atoms with Crippen LogP contribution in [0.25, 0.3) is 6.08 Å². The number of ketones is 1. The molecule has 3 heterocycles. The van der Waals surface area contributed by atoms with Crippen LogP contribution in [0.2, 0.25) is 0 Å². The summed E-state index contributed by atoms with van der Waals surface area (Å²) in [6, 6.07) is -1.93. The monoisotopic (exact) mass is 672 g/mol. The van der Waals surface area contributed by atoms with Gasteiger partial charge in [0.1, 0.15) is 23.5 Å². The molecule has 0 radical (unpaired) electrons. The molecule has 4 aliphatic rings. The highest BCUT2D eigenvalue weighted by Crippen LogP contribution is 2.65. The molecule has 1 spiro atoms. The lowest BCUT2D eigenvalue weighted by molar-refractivity contribution is -0.141. The van der Waals surface area contributed by atoms with Crippen molar-refractivity contribution in [2.45, 2.75) is 123 Å². The minimum atomic E-state index is -3.37. The Morgan fingerprint density at radius 1 is 1.21 bits per heavy atom. The third-order valence-corrected chi connectivity index (χ3v) is 10.9.